The Bertz CT molecular complexity index is 802. The summed E-state index contributed by atoms with van der Waals surface area (Å²) in [7, 11) is -3.37. The molecule has 2 rings (SSSR count). The Labute approximate surface area is 147 Å². The van der Waals surface area contributed by atoms with Gasteiger partial charge in [0.1, 0.15) is 0 Å². The fraction of sp³-hybridized carbons (Fsp3) is 0.438. The summed E-state index contributed by atoms with van der Waals surface area (Å²) in [5, 5.41) is 4.44. The number of aromatic nitrogens is 1. The zero-order chi connectivity index (χ0) is 17.6. The van der Waals surface area contributed by atoms with E-state index in [1.54, 1.807) is 0 Å². The zero-order valence-corrected chi connectivity index (χ0v) is 15.2. The monoisotopic (exact) mass is 371 g/mol. The Hall–Kier alpha value is -1.57. The average Bonchev–Trinajstić information content (AvgIpc) is 2.93. The highest BCUT2D eigenvalue weighted by atomic mass is 35.5. The van der Waals surface area contributed by atoms with E-state index in [4.69, 9.17) is 11.6 Å². The lowest BCUT2D eigenvalue weighted by molar-refractivity contribution is -0.119. The van der Waals surface area contributed by atoms with E-state index in [1.807, 2.05) is 42.0 Å². The van der Waals surface area contributed by atoms with E-state index in [0.717, 1.165) is 17.3 Å². The van der Waals surface area contributed by atoms with Gasteiger partial charge in [-0.1, -0.05) is 24.9 Å². The van der Waals surface area contributed by atoms with Gasteiger partial charge < -0.3 is 9.88 Å². The predicted molar refractivity (Wildman–Crippen MR) is 96.7 cm³/mol. The summed E-state index contributed by atoms with van der Waals surface area (Å²) < 4.78 is 27.6. The first kappa shape index (κ1) is 18.8. The van der Waals surface area contributed by atoms with Crippen molar-refractivity contribution in [3.05, 3.63) is 35.5 Å². The van der Waals surface area contributed by atoms with Crippen LogP contribution in [0.3, 0.4) is 0 Å². The van der Waals surface area contributed by atoms with Crippen LogP contribution in [0.5, 0.6) is 0 Å². The Morgan fingerprint density at radius 3 is 2.83 bits per heavy atom. The highest BCUT2D eigenvalue weighted by molar-refractivity contribution is 7.89. The first-order chi connectivity index (χ1) is 11.4. The molecule has 1 amide bonds. The van der Waals surface area contributed by atoms with Crippen molar-refractivity contribution in [3.8, 4) is 0 Å². The molecule has 0 saturated heterocycles. The quantitative estimate of drug-likeness (QED) is 0.708. The molecule has 1 aromatic carbocycles. The molecular weight excluding hydrogens is 350 g/mol. The molecule has 0 atom stereocenters. The van der Waals surface area contributed by atoms with E-state index >= 15 is 0 Å². The molecule has 0 aliphatic carbocycles. The van der Waals surface area contributed by atoms with Crippen molar-refractivity contribution < 1.29 is 13.2 Å². The maximum Gasteiger partial charge on any atom is 0.235 e. The minimum Gasteiger partial charge on any atom is -0.353 e. The Morgan fingerprint density at radius 2 is 2.08 bits per heavy atom. The van der Waals surface area contributed by atoms with Gasteiger partial charge in [-0.3, -0.25) is 4.79 Å². The molecule has 24 heavy (non-hydrogen) atoms. The summed E-state index contributed by atoms with van der Waals surface area (Å²) in [6.45, 7) is 2.70. The fourth-order valence-corrected chi connectivity index (χ4v) is 3.67. The number of carbonyl (C=O) groups is 1. The third kappa shape index (κ3) is 5.51. The van der Waals surface area contributed by atoms with E-state index in [2.05, 4.69) is 10.0 Å². The first-order valence-electron chi connectivity index (χ1n) is 7.90. The number of benzene rings is 1. The summed E-state index contributed by atoms with van der Waals surface area (Å²) in [5.41, 5.74) is 1.04. The van der Waals surface area contributed by atoms with Crippen molar-refractivity contribution in [2.24, 2.45) is 0 Å². The molecule has 0 bridgehead atoms. The lowest BCUT2D eigenvalue weighted by Crippen LogP contribution is -2.38. The normalized spacial score (nSPS) is 11.8. The minimum atomic E-state index is -3.37. The number of amides is 1. The van der Waals surface area contributed by atoms with E-state index in [9.17, 15) is 13.2 Å². The molecule has 132 valence electrons. The van der Waals surface area contributed by atoms with Gasteiger partial charge in [0.05, 0.1) is 12.3 Å². The summed E-state index contributed by atoms with van der Waals surface area (Å²) in [5.74, 6) is -0.288. The molecule has 2 aromatic rings. The number of hydrogen-bond donors (Lipinski definition) is 2. The second kappa shape index (κ2) is 8.50. The van der Waals surface area contributed by atoms with Gasteiger partial charge in [-0.2, -0.15) is 0 Å². The van der Waals surface area contributed by atoms with Crippen LogP contribution in [0, 0.1) is 0 Å². The third-order valence-electron chi connectivity index (χ3n) is 3.63. The third-order valence-corrected chi connectivity index (χ3v) is 5.27. The molecule has 8 heteroatoms. The number of nitrogens with zero attached hydrogens (tertiary/aromatic N) is 1. The van der Waals surface area contributed by atoms with Crippen LogP contribution in [0.1, 0.15) is 19.8 Å². The lowest BCUT2D eigenvalue weighted by Gasteiger charge is -2.09. The molecule has 0 unspecified atom stereocenters. The van der Waals surface area contributed by atoms with Crippen molar-refractivity contribution in [3.63, 3.8) is 0 Å². The van der Waals surface area contributed by atoms with Crippen LogP contribution < -0.4 is 10.0 Å². The highest BCUT2D eigenvalue weighted by Crippen LogP contribution is 2.20. The SMILES string of the molecule is CCCCS(=O)(=O)NCC(=O)NCCn1ccc2cc(Cl)ccc21. The first-order valence-corrected chi connectivity index (χ1v) is 9.93. The summed E-state index contributed by atoms with van der Waals surface area (Å²) in [4.78, 5) is 11.7. The zero-order valence-electron chi connectivity index (χ0n) is 13.6. The van der Waals surface area contributed by atoms with Gasteiger partial charge in [0.25, 0.3) is 0 Å². The van der Waals surface area contributed by atoms with Gasteiger partial charge in [0.15, 0.2) is 0 Å². The Balaban J connectivity index is 1.78. The topological polar surface area (TPSA) is 80.2 Å². The number of rotatable bonds is 9. The van der Waals surface area contributed by atoms with Gasteiger partial charge in [0.2, 0.25) is 15.9 Å². The van der Waals surface area contributed by atoms with Crippen LogP contribution in [-0.2, 0) is 21.4 Å². The van der Waals surface area contributed by atoms with Crippen LogP contribution in [0.4, 0.5) is 0 Å². The van der Waals surface area contributed by atoms with E-state index in [-0.39, 0.29) is 18.2 Å². The Kier molecular flexibility index (Phi) is 6.65. The molecule has 0 fully saturated rings. The standard InChI is InChI=1S/C16H22ClN3O3S/c1-2-3-10-24(22,23)19-12-16(21)18-7-9-20-8-6-13-11-14(17)4-5-15(13)20/h4-6,8,11,19H,2-3,7,9-10,12H2,1H3,(H,18,21). The number of hydrogen-bond acceptors (Lipinski definition) is 3. The molecule has 6 nitrogen and oxygen atoms in total. The molecule has 0 spiro atoms. The van der Waals surface area contributed by atoms with Gasteiger partial charge >= 0.3 is 0 Å². The largest absolute Gasteiger partial charge is 0.353 e. The second-order valence-corrected chi connectivity index (χ2v) is 7.92. The lowest BCUT2D eigenvalue weighted by atomic mass is 10.2. The van der Waals surface area contributed by atoms with Crippen molar-refractivity contribution in [1.29, 1.82) is 0 Å². The van der Waals surface area contributed by atoms with Gasteiger partial charge in [0, 0.05) is 35.2 Å². The van der Waals surface area contributed by atoms with Crippen LogP contribution in [0.25, 0.3) is 10.9 Å². The number of fused-ring (bicyclic) bond motifs is 1. The molecule has 0 aliphatic heterocycles. The average molecular weight is 372 g/mol. The summed E-state index contributed by atoms with van der Waals surface area (Å²) >= 11 is 5.95. The van der Waals surface area contributed by atoms with Crippen molar-refractivity contribution in [1.82, 2.24) is 14.6 Å². The van der Waals surface area contributed by atoms with Crippen LogP contribution in [0.15, 0.2) is 30.5 Å². The van der Waals surface area contributed by atoms with Crippen molar-refractivity contribution in [2.45, 2.75) is 26.3 Å². The number of carbonyl (C=O) groups excluding carboxylic acids is 1. The fourth-order valence-electron chi connectivity index (χ4n) is 2.33. The van der Waals surface area contributed by atoms with E-state index in [0.29, 0.717) is 24.5 Å². The van der Waals surface area contributed by atoms with Gasteiger partial charge in [-0.25, -0.2) is 13.1 Å². The van der Waals surface area contributed by atoms with E-state index in [1.165, 1.54) is 0 Å². The van der Waals surface area contributed by atoms with Crippen LogP contribution in [0.2, 0.25) is 5.02 Å². The summed E-state index contributed by atoms with van der Waals surface area (Å²) in [6, 6.07) is 7.60. The minimum absolute atomic E-state index is 0.0503. The molecule has 0 aliphatic rings. The maximum absolute atomic E-state index is 11.7. The molecule has 2 N–H and O–H groups in total. The molecular formula is C16H22ClN3O3S. The van der Waals surface area contributed by atoms with Crippen molar-refractivity contribution >= 4 is 38.4 Å². The molecule has 0 radical (unpaired) electrons. The van der Waals surface area contributed by atoms with Crippen molar-refractivity contribution in [2.75, 3.05) is 18.8 Å². The Morgan fingerprint density at radius 1 is 1.29 bits per heavy atom. The van der Waals surface area contributed by atoms with Gasteiger partial charge in [-0.05, 0) is 30.7 Å². The summed E-state index contributed by atoms with van der Waals surface area (Å²) in [6.07, 6.45) is 3.31. The molecule has 1 aromatic heterocycles. The number of nitrogens with one attached hydrogen (secondary N) is 2. The van der Waals surface area contributed by atoms with Crippen LogP contribution in [-0.4, -0.2) is 37.7 Å². The predicted octanol–water partition coefficient (Wildman–Crippen LogP) is 2.13. The number of unbranched alkanes of at least 4 members (excludes halogenated alkanes) is 1. The molecule has 1 heterocycles. The van der Waals surface area contributed by atoms with E-state index < -0.39 is 10.0 Å². The van der Waals surface area contributed by atoms with Gasteiger partial charge in [-0.15, -0.1) is 0 Å². The number of sulfonamides is 1. The number of halogens is 1. The van der Waals surface area contributed by atoms with Crippen LogP contribution >= 0.6 is 11.6 Å². The smallest absolute Gasteiger partial charge is 0.235 e. The maximum atomic E-state index is 11.7. The second-order valence-electron chi connectivity index (χ2n) is 5.56. The highest BCUT2D eigenvalue weighted by Gasteiger charge is 2.11. The molecule has 0 saturated carbocycles.